The van der Waals surface area contributed by atoms with Crippen LogP contribution in [-0.4, -0.2) is 0 Å². The molecule has 0 amide bonds. The van der Waals surface area contributed by atoms with Crippen LogP contribution in [0.4, 0.5) is 0 Å². The first kappa shape index (κ1) is 35.7. The lowest BCUT2D eigenvalue weighted by atomic mass is 9.92. The third-order valence-corrected chi connectivity index (χ3v) is 7.52. The van der Waals surface area contributed by atoms with Gasteiger partial charge in [0.2, 0.25) is 0 Å². The first-order chi connectivity index (χ1) is 18.2. The topological polar surface area (TPSA) is 0 Å². The molecule has 0 unspecified atom stereocenters. The molecule has 0 heteroatoms. The maximum absolute atomic E-state index is 2.45. The second-order valence-electron chi connectivity index (χ2n) is 10.6. The van der Waals surface area contributed by atoms with Gasteiger partial charge in [0.25, 0.3) is 0 Å². The number of hydrogen-bond donors (Lipinski definition) is 0. The molecule has 38 heavy (non-hydrogen) atoms. The maximum Gasteiger partial charge on any atom is -0.0217 e. The fourth-order valence-corrected chi connectivity index (χ4v) is 4.53. The Labute approximate surface area is 238 Å². The maximum atomic E-state index is 2.45. The number of aryl methyl sites for hydroxylation is 4. The van der Waals surface area contributed by atoms with Crippen molar-refractivity contribution in [3.05, 3.63) is 98.7 Å². The van der Waals surface area contributed by atoms with Crippen LogP contribution in [0.1, 0.15) is 134 Å². The fraction of sp³-hybridized carbons (Fsp3) is 0.526. The molecular weight excluding hydrogens is 456 g/mol. The van der Waals surface area contributed by atoms with Crippen LogP contribution >= 0.6 is 0 Å². The summed E-state index contributed by atoms with van der Waals surface area (Å²) in [7, 11) is 0. The first-order valence-electron chi connectivity index (χ1n) is 15.3. The van der Waals surface area contributed by atoms with Gasteiger partial charge in [-0.05, 0) is 114 Å². The van der Waals surface area contributed by atoms with Crippen molar-refractivity contribution in [2.45, 2.75) is 134 Å². The fourth-order valence-electron chi connectivity index (χ4n) is 4.53. The minimum atomic E-state index is 1.11. The van der Waals surface area contributed by atoms with E-state index in [-0.39, 0.29) is 0 Å². The van der Waals surface area contributed by atoms with E-state index in [0.717, 1.165) is 12.8 Å². The van der Waals surface area contributed by atoms with Gasteiger partial charge in [0.05, 0.1) is 0 Å². The van der Waals surface area contributed by atoms with Crippen LogP contribution < -0.4 is 0 Å². The Hall–Kier alpha value is -2.34. The van der Waals surface area contributed by atoms with Gasteiger partial charge in [0.15, 0.2) is 0 Å². The Kier molecular flexibility index (Phi) is 20.2. The van der Waals surface area contributed by atoms with E-state index in [1.807, 2.05) is 0 Å². The largest absolute Gasteiger partial charge is 0.0887 e. The van der Waals surface area contributed by atoms with Gasteiger partial charge < -0.3 is 0 Å². The SMILES string of the molecule is C/C=C(C)/C(=C\c1cc(C)cc(C)c1CC)CCCCCCC.C/C=C(\C)CC.CCc1ccccc1C. The molecule has 2 aromatic rings. The summed E-state index contributed by atoms with van der Waals surface area (Å²) < 4.78 is 0. The molecule has 0 atom stereocenters. The van der Waals surface area contributed by atoms with Gasteiger partial charge in [-0.3, -0.25) is 0 Å². The summed E-state index contributed by atoms with van der Waals surface area (Å²) in [6, 6.07) is 13.2. The number of hydrogen-bond acceptors (Lipinski definition) is 0. The van der Waals surface area contributed by atoms with Gasteiger partial charge >= 0.3 is 0 Å². The quantitative estimate of drug-likeness (QED) is 0.158. The summed E-state index contributed by atoms with van der Waals surface area (Å²) in [6.45, 7) is 24.1. The summed E-state index contributed by atoms with van der Waals surface area (Å²) in [6.07, 6.45) is 18.2. The Bertz CT molecular complexity index is 997. The molecule has 0 aliphatic heterocycles. The van der Waals surface area contributed by atoms with Gasteiger partial charge in [-0.1, -0.05) is 125 Å². The molecular formula is C38H60. The van der Waals surface area contributed by atoms with E-state index in [9.17, 15) is 0 Å². The van der Waals surface area contributed by atoms with Crippen molar-refractivity contribution in [3.8, 4) is 0 Å². The monoisotopic (exact) mass is 516 g/mol. The molecule has 0 aliphatic carbocycles. The molecule has 212 valence electrons. The second-order valence-corrected chi connectivity index (χ2v) is 10.6. The average Bonchev–Trinajstić information content (AvgIpc) is 2.92. The van der Waals surface area contributed by atoms with Crippen LogP contribution in [0.5, 0.6) is 0 Å². The van der Waals surface area contributed by atoms with E-state index in [4.69, 9.17) is 0 Å². The first-order valence-corrected chi connectivity index (χ1v) is 15.3. The minimum Gasteiger partial charge on any atom is -0.0887 e. The van der Waals surface area contributed by atoms with Crippen molar-refractivity contribution in [1.29, 1.82) is 0 Å². The lowest BCUT2D eigenvalue weighted by Gasteiger charge is -2.13. The Morgan fingerprint density at radius 1 is 0.737 bits per heavy atom. The second kappa shape index (κ2) is 21.6. The van der Waals surface area contributed by atoms with Crippen LogP contribution in [0, 0.1) is 20.8 Å². The zero-order chi connectivity index (χ0) is 28.9. The standard InChI is InChI=1S/C23H36.C9H12.C6H12/c1-7-10-11-12-13-14-21(19(5)8-2)17-22-16-18(4)15-20(6)23(22)9-3;1-3-9-7-5-4-6-8(9)2;1-4-6(3)5-2/h8,15-17H,7,9-14H2,1-6H3;4-7H,3H2,1-2H3;4H,5H2,1-3H3/b19-8+,21-17-;;6-4+. The summed E-state index contributed by atoms with van der Waals surface area (Å²) in [5.74, 6) is 0. The van der Waals surface area contributed by atoms with Gasteiger partial charge in [-0.2, -0.15) is 0 Å². The van der Waals surface area contributed by atoms with E-state index in [1.165, 1.54) is 95.0 Å². The predicted octanol–water partition coefficient (Wildman–Crippen LogP) is 12.5. The van der Waals surface area contributed by atoms with E-state index in [0.29, 0.717) is 0 Å². The van der Waals surface area contributed by atoms with Gasteiger partial charge in [0, 0.05) is 0 Å². The molecule has 0 fully saturated rings. The highest BCUT2D eigenvalue weighted by Gasteiger charge is 2.07. The molecule has 0 heterocycles. The lowest BCUT2D eigenvalue weighted by Crippen LogP contribution is -1.95. The van der Waals surface area contributed by atoms with E-state index in [2.05, 4.69) is 131 Å². The highest BCUT2D eigenvalue weighted by atomic mass is 14.1. The average molecular weight is 517 g/mol. The third-order valence-electron chi connectivity index (χ3n) is 7.52. The van der Waals surface area contributed by atoms with E-state index in [1.54, 1.807) is 0 Å². The molecule has 2 aromatic carbocycles. The molecule has 0 aromatic heterocycles. The Morgan fingerprint density at radius 2 is 1.39 bits per heavy atom. The van der Waals surface area contributed by atoms with Gasteiger partial charge in [-0.25, -0.2) is 0 Å². The molecule has 2 rings (SSSR count). The van der Waals surface area contributed by atoms with Gasteiger partial charge in [0.1, 0.15) is 0 Å². The highest BCUT2D eigenvalue weighted by Crippen LogP contribution is 2.26. The van der Waals surface area contributed by atoms with Crippen LogP contribution in [0.3, 0.4) is 0 Å². The number of allylic oxidation sites excluding steroid dienone is 5. The Morgan fingerprint density at radius 3 is 1.87 bits per heavy atom. The molecule has 0 N–H and O–H groups in total. The van der Waals surface area contributed by atoms with Gasteiger partial charge in [-0.15, -0.1) is 0 Å². The summed E-state index contributed by atoms with van der Waals surface area (Å²) in [4.78, 5) is 0. The smallest absolute Gasteiger partial charge is 0.0217 e. The summed E-state index contributed by atoms with van der Waals surface area (Å²) in [5, 5.41) is 0. The van der Waals surface area contributed by atoms with Crippen molar-refractivity contribution >= 4 is 6.08 Å². The predicted molar refractivity (Wildman–Crippen MR) is 176 cm³/mol. The van der Waals surface area contributed by atoms with Crippen LogP contribution in [0.2, 0.25) is 0 Å². The number of unbranched alkanes of at least 4 members (excludes halogenated alkanes) is 4. The molecule has 0 saturated heterocycles. The Balaban J connectivity index is 0.000000740. The lowest BCUT2D eigenvalue weighted by molar-refractivity contribution is 0.632. The molecule has 0 spiro atoms. The zero-order valence-corrected chi connectivity index (χ0v) is 27.1. The molecule has 0 radical (unpaired) electrons. The minimum absolute atomic E-state index is 1.11. The molecule has 0 bridgehead atoms. The third kappa shape index (κ3) is 14.6. The zero-order valence-electron chi connectivity index (χ0n) is 27.1. The number of benzene rings is 2. The van der Waals surface area contributed by atoms with E-state index < -0.39 is 0 Å². The summed E-state index contributed by atoms with van der Waals surface area (Å²) in [5.41, 5.74) is 13.0. The van der Waals surface area contributed by atoms with Crippen LogP contribution in [0.25, 0.3) is 6.08 Å². The van der Waals surface area contributed by atoms with Crippen LogP contribution in [-0.2, 0) is 12.8 Å². The number of rotatable bonds is 11. The van der Waals surface area contributed by atoms with E-state index >= 15 is 0 Å². The van der Waals surface area contributed by atoms with Crippen LogP contribution in [0.15, 0.2) is 65.3 Å². The normalized spacial score (nSPS) is 11.9. The molecule has 0 saturated carbocycles. The highest BCUT2D eigenvalue weighted by molar-refractivity contribution is 5.63. The van der Waals surface area contributed by atoms with Crippen molar-refractivity contribution in [2.75, 3.05) is 0 Å². The van der Waals surface area contributed by atoms with Crippen molar-refractivity contribution < 1.29 is 0 Å². The van der Waals surface area contributed by atoms with Crippen molar-refractivity contribution in [1.82, 2.24) is 0 Å². The molecule has 0 aliphatic rings. The van der Waals surface area contributed by atoms with Crippen molar-refractivity contribution in [2.24, 2.45) is 0 Å². The summed E-state index contributed by atoms with van der Waals surface area (Å²) >= 11 is 0. The van der Waals surface area contributed by atoms with Crippen molar-refractivity contribution in [3.63, 3.8) is 0 Å². The molecule has 0 nitrogen and oxygen atoms in total.